The van der Waals surface area contributed by atoms with Crippen LogP contribution in [0.3, 0.4) is 0 Å². The van der Waals surface area contributed by atoms with Crippen molar-refractivity contribution in [1.29, 1.82) is 0 Å². The standard InChI is InChI=1S/C17H20NOP/c20-13-17(15-9-5-2-6-10-15)16(18-11-12-19-17)14-7-3-1-4-8-14/h1-10,16,18H,11-13,20H2. The molecule has 3 rings (SSSR count). The van der Waals surface area contributed by atoms with Crippen molar-refractivity contribution in [3.63, 3.8) is 0 Å². The SMILES string of the molecule is PCC1(c2ccccc2)OCCNC1c1ccccc1. The third-order valence-corrected chi connectivity index (χ3v) is 4.58. The summed E-state index contributed by atoms with van der Waals surface area (Å²) in [6.07, 6.45) is 0.865. The summed E-state index contributed by atoms with van der Waals surface area (Å²) in [6, 6.07) is 21.3. The molecule has 0 radical (unpaired) electrons. The second kappa shape index (κ2) is 6.05. The first kappa shape index (κ1) is 13.8. The smallest absolute Gasteiger partial charge is 0.116 e. The van der Waals surface area contributed by atoms with Gasteiger partial charge in [-0.3, -0.25) is 0 Å². The summed E-state index contributed by atoms with van der Waals surface area (Å²) in [5, 5.41) is 3.64. The molecule has 20 heavy (non-hydrogen) atoms. The van der Waals surface area contributed by atoms with Gasteiger partial charge in [-0.15, -0.1) is 9.24 Å². The van der Waals surface area contributed by atoms with Crippen LogP contribution in [0, 0.1) is 0 Å². The van der Waals surface area contributed by atoms with Gasteiger partial charge in [-0.05, 0) is 17.3 Å². The van der Waals surface area contributed by atoms with E-state index in [-0.39, 0.29) is 11.6 Å². The topological polar surface area (TPSA) is 21.3 Å². The highest BCUT2D eigenvalue weighted by molar-refractivity contribution is 7.16. The molecule has 2 aromatic rings. The molecule has 1 aliphatic rings. The molecule has 1 saturated heterocycles. The van der Waals surface area contributed by atoms with Gasteiger partial charge in [0.1, 0.15) is 5.60 Å². The van der Waals surface area contributed by atoms with Gasteiger partial charge < -0.3 is 10.1 Å². The van der Waals surface area contributed by atoms with Crippen molar-refractivity contribution in [3.05, 3.63) is 71.8 Å². The number of hydrogen-bond acceptors (Lipinski definition) is 2. The van der Waals surface area contributed by atoms with Crippen LogP contribution in [0.5, 0.6) is 0 Å². The van der Waals surface area contributed by atoms with E-state index in [1.165, 1.54) is 11.1 Å². The van der Waals surface area contributed by atoms with E-state index >= 15 is 0 Å². The molecule has 3 heteroatoms. The molecule has 2 aromatic carbocycles. The molecule has 2 nitrogen and oxygen atoms in total. The van der Waals surface area contributed by atoms with Crippen molar-refractivity contribution in [1.82, 2.24) is 5.32 Å². The maximum absolute atomic E-state index is 6.28. The Morgan fingerprint density at radius 3 is 2.35 bits per heavy atom. The molecule has 104 valence electrons. The van der Waals surface area contributed by atoms with Crippen molar-refractivity contribution in [3.8, 4) is 0 Å². The molecule has 1 heterocycles. The second-order valence-corrected chi connectivity index (χ2v) is 5.51. The fourth-order valence-corrected chi connectivity index (χ4v) is 3.57. The van der Waals surface area contributed by atoms with Crippen LogP contribution < -0.4 is 5.32 Å². The molecule has 0 spiro atoms. The number of hydrogen-bond donors (Lipinski definition) is 1. The summed E-state index contributed by atoms with van der Waals surface area (Å²) in [5.41, 5.74) is 2.19. The molecule has 0 amide bonds. The van der Waals surface area contributed by atoms with Crippen molar-refractivity contribution in [2.24, 2.45) is 0 Å². The summed E-state index contributed by atoms with van der Waals surface area (Å²) < 4.78 is 6.28. The van der Waals surface area contributed by atoms with Gasteiger partial charge in [0.2, 0.25) is 0 Å². The third kappa shape index (κ3) is 2.40. The largest absolute Gasteiger partial charge is 0.367 e. The van der Waals surface area contributed by atoms with Gasteiger partial charge in [-0.25, -0.2) is 0 Å². The Bertz CT molecular complexity index is 545. The van der Waals surface area contributed by atoms with E-state index in [9.17, 15) is 0 Å². The maximum Gasteiger partial charge on any atom is 0.116 e. The first-order chi connectivity index (χ1) is 9.87. The molecule has 1 aliphatic heterocycles. The van der Waals surface area contributed by atoms with Crippen LogP contribution in [0.1, 0.15) is 17.2 Å². The average Bonchev–Trinajstić information content (AvgIpc) is 2.56. The van der Waals surface area contributed by atoms with Crippen molar-refractivity contribution >= 4 is 9.24 Å². The average molecular weight is 285 g/mol. The number of nitrogens with one attached hydrogen (secondary N) is 1. The van der Waals surface area contributed by atoms with Crippen LogP contribution in [-0.4, -0.2) is 19.3 Å². The summed E-state index contributed by atoms with van der Waals surface area (Å²) in [4.78, 5) is 0. The number of ether oxygens (including phenoxy) is 1. The first-order valence-corrected chi connectivity index (χ1v) is 7.86. The van der Waals surface area contributed by atoms with Gasteiger partial charge >= 0.3 is 0 Å². The fraction of sp³-hybridized carbons (Fsp3) is 0.294. The number of benzene rings is 2. The number of morpholine rings is 1. The normalized spacial score (nSPS) is 26.4. The minimum Gasteiger partial charge on any atom is -0.367 e. The van der Waals surface area contributed by atoms with Crippen molar-refractivity contribution in [2.45, 2.75) is 11.6 Å². The predicted molar refractivity (Wildman–Crippen MR) is 85.8 cm³/mol. The van der Waals surface area contributed by atoms with Crippen molar-refractivity contribution in [2.75, 3.05) is 19.3 Å². The van der Waals surface area contributed by atoms with Gasteiger partial charge in [0.25, 0.3) is 0 Å². The zero-order valence-corrected chi connectivity index (χ0v) is 12.6. The summed E-state index contributed by atoms with van der Waals surface area (Å²) in [5.74, 6) is 0. The molecule has 3 unspecified atom stereocenters. The van der Waals surface area contributed by atoms with E-state index in [0.29, 0.717) is 0 Å². The van der Waals surface area contributed by atoms with Crippen LogP contribution in [0.4, 0.5) is 0 Å². The Balaban J connectivity index is 2.06. The minimum atomic E-state index is -0.314. The Labute approximate surface area is 122 Å². The van der Waals surface area contributed by atoms with E-state index < -0.39 is 0 Å². The monoisotopic (exact) mass is 285 g/mol. The molecular formula is C17H20NOP. The Kier molecular flexibility index (Phi) is 4.16. The molecule has 0 aromatic heterocycles. The van der Waals surface area contributed by atoms with Gasteiger partial charge in [0.05, 0.1) is 12.6 Å². The lowest BCUT2D eigenvalue weighted by molar-refractivity contribution is -0.0878. The minimum absolute atomic E-state index is 0.178. The van der Waals surface area contributed by atoms with E-state index in [1.807, 2.05) is 6.07 Å². The van der Waals surface area contributed by atoms with Gasteiger partial charge in [-0.1, -0.05) is 60.7 Å². The summed E-state index contributed by atoms with van der Waals surface area (Å²) in [7, 11) is 2.86. The number of rotatable bonds is 3. The van der Waals surface area contributed by atoms with E-state index in [4.69, 9.17) is 4.74 Å². The van der Waals surface area contributed by atoms with Gasteiger partial charge in [-0.2, -0.15) is 0 Å². The molecular weight excluding hydrogens is 265 g/mol. The molecule has 0 saturated carbocycles. The van der Waals surface area contributed by atoms with E-state index in [2.05, 4.69) is 69.2 Å². The Morgan fingerprint density at radius 2 is 1.70 bits per heavy atom. The first-order valence-electron chi connectivity index (χ1n) is 7.05. The fourth-order valence-electron chi connectivity index (χ4n) is 2.98. The van der Waals surface area contributed by atoms with E-state index in [0.717, 1.165) is 19.3 Å². The Hall–Kier alpha value is -1.21. The zero-order valence-electron chi connectivity index (χ0n) is 11.5. The van der Waals surface area contributed by atoms with Gasteiger partial charge in [0.15, 0.2) is 0 Å². The molecule has 0 aliphatic carbocycles. The lowest BCUT2D eigenvalue weighted by Crippen LogP contribution is -2.51. The summed E-state index contributed by atoms with van der Waals surface area (Å²) in [6.45, 7) is 1.63. The lowest BCUT2D eigenvalue weighted by atomic mass is 9.82. The molecule has 3 atom stereocenters. The molecule has 1 fully saturated rings. The maximum atomic E-state index is 6.28. The highest BCUT2D eigenvalue weighted by Gasteiger charge is 2.43. The molecule has 1 N–H and O–H groups in total. The van der Waals surface area contributed by atoms with Crippen LogP contribution >= 0.6 is 9.24 Å². The quantitative estimate of drug-likeness (QED) is 0.875. The van der Waals surface area contributed by atoms with Crippen LogP contribution in [-0.2, 0) is 10.3 Å². The Morgan fingerprint density at radius 1 is 1.05 bits per heavy atom. The van der Waals surface area contributed by atoms with Crippen LogP contribution in [0.25, 0.3) is 0 Å². The third-order valence-electron chi connectivity index (χ3n) is 3.98. The highest BCUT2D eigenvalue weighted by atomic mass is 31.0. The lowest BCUT2D eigenvalue weighted by Gasteiger charge is -2.44. The van der Waals surface area contributed by atoms with E-state index in [1.54, 1.807) is 0 Å². The van der Waals surface area contributed by atoms with Crippen LogP contribution in [0.2, 0.25) is 0 Å². The van der Waals surface area contributed by atoms with Gasteiger partial charge in [0, 0.05) is 6.54 Å². The van der Waals surface area contributed by atoms with Crippen molar-refractivity contribution < 1.29 is 4.74 Å². The second-order valence-electron chi connectivity index (χ2n) is 5.11. The summed E-state index contributed by atoms with van der Waals surface area (Å²) >= 11 is 0. The molecule has 0 bridgehead atoms. The predicted octanol–water partition coefficient (Wildman–Crippen LogP) is 3.12. The highest BCUT2D eigenvalue weighted by Crippen LogP contribution is 2.41. The van der Waals surface area contributed by atoms with Crippen LogP contribution in [0.15, 0.2) is 60.7 Å². The zero-order chi connectivity index (χ0) is 13.8.